The summed E-state index contributed by atoms with van der Waals surface area (Å²) in [6, 6.07) is 8.96. The Morgan fingerprint density at radius 2 is 2.00 bits per heavy atom. The van der Waals surface area contributed by atoms with Crippen molar-refractivity contribution in [2.24, 2.45) is 11.3 Å². The Morgan fingerprint density at radius 3 is 2.59 bits per heavy atom. The van der Waals surface area contributed by atoms with Crippen molar-refractivity contribution >= 4 is 5.91 Å². The van der Waals surface area contributed by atoms with E-state index < -0.39 is 0 Å². The number of rotatable bonds is 4. The summed E-state index contributed by atoms with van der Waals surface area (Å²) < 4.78 is 0. The van der Waals surface area contributed by atoms with Crippen molar-refractivity contribution < 1.29 is 4.79 Å². The lowest BCUT2D eigenvalue weighted by molar-refractivity contribution is -0.127. The Kier molecular flexibility index (Phi) is 4.26. The molecule has 3 heteroatoms. The van der Waals surface area contributed by atoms with E-state index in [1.54, 1.807) is 0 Å². The third-order valence-electron chi connectivity index (χ3n) is 5.42. The molecule has 1 N–H and O–H groups in total. The quantitative estimate of drug-likeness (QED) is 0.927. The number of nitrogens with one attached hydrogen (secondary N) is 1. The summed E-state index contributed by atoms with van der Waals surface area (Å²) >= 11 is 0. The van der Waals surface area contributed by atoms with Gasteiger partial charge in [0, 0.05) is 12.6 Å². The predicted octanol–water partition coefficient (Wildman–Crippen LogP) is 2.77. The summed E-state index contributed by atoms with van der Waals surface area (Å²) in [7, 11) is 2.16. The zero-order chi connectivity index (χ0) is 15.7. The van der Waals surface area contributed by atoms with Gasteiger partial charge in [0.25, 0.3) is 0 Å². The summed E-state index contributed by atoms with van der Waals surface area (Å²) in [6.45, 7) is 6.52. The minimum atomic E-state index is -0.127. The van der Waals surface area contributed by atoms with E-state index in [0.29, 0.717) is 12.0 Å². The Labute approximate surface area is 134 Å². The molecule has 120 valence electrons. The molecule has 0 aromatic heterocycles. The zero-order valence-electron chi connectivity index (χ0n) is 14.1. The van der Waals surface area contributed by atoms with Crippen LogP contribution in [-0.4, -0.2) is 37.0 Å². The van der Waals surface area contributed by atoms with E-state index >= 15 is 0 Å². The number of hydrogen-bond donors (Lipinski definition) is 1. The smallest absolute Gasteiger partial charge is 0.226 e. The van der Waals surface area contributed by atoms with Gasteiger partial charge in [-0.2, -0.15) is 0 Å². The minimum Gasteiger partial charge on any atom is -0.353 e. The molecule has 2 atom stereocenters. The lowest BCUT2D eigenvalue weighted by atomic mass is 9.91. The molecular formula is C19H28N2O. The van der Waals surface area contributed by atoms with Crippen LogP contribution in [0.15, 0.2) is 24.3 Å². The number of aryl methyl sites for hydroxylation is 1. The van der Waals surface area contributed by atoms with E-state index in [0.717, 1.165) is 38.8 Å². The maximum atomic E-state index is 12.8. The van der Waals surface area contributed by atoms with Gasteiger partial charge in [-0.3, -0.25) is 4.79 Å². The van der Waals surface area contributed by atoms with Crippen LogP contribution in [0.25, 0.3) is 0 Å². The second-order valence-corrected chi connectivity index (χ2v) is 7.55. The molecule has 1 amide bonds. The van der Waals surface area contributed by atoms with Gasteiger partial charge in [0.1, 0.15) is 0 Å². The fraction of sp³-hybridized carbons (Fsp3) is 0.632. The Balaban J connectivity index is 1.60. The van der Waals surface area contributed by atoms with Crippen LogP contribution in [0.1, 0.15) is 37.3 Å². The highest BCUT2D eigenvalue weighted by atomic mass is 16.2. The Morgan fingerprint density at radius 1 is 1.32 bits per heavy atom. The van der Waals surface area contributed by atoms with Crippen LogP contribution in [0.3, 0.4) is 0 Å². The third-order valence-corrected chi connectivity index (χ3v) is 5.42. The minimum absolute atomic E-state index is 0.127. The number of benzene rings is 1. The van der Waals surface area contributed by atoms with Gasteiger partial charge >= 0.3 is 0 Å². The summed E-state index contributed by atoms with van der Waals surface area (Å²) in [5, 5.41) is 3.36. The molecule has 1 aliphatic heterocycles. The van der Waals surface area contributed by atoms with Crippen LogP contribution in [0.2, 0.25) is 0 Å². The molecule has 1 aromatic carbocycles. The van der Waals surface area contributed by atoms with Crippen LogP contribution in [-0.2, 0) is 11.2 Å². The van der Waals surface area contributed by atoms with Gasteiger partial charge in [0.2, 0.25) is 5.91 Å². The van der Waals surface area contributed by atoms with Crippen molar-refractivity contribution in [2.45, 2.75) is 45.6 Å². The van der Waals surface area contributed by atoms with Gasteiger partial charge < -0.3 is 10.2 Å². The number of amides is 1. The zero-order valence-corrected chi connectivity index (χ0v) is 14.1. The van der Waals surface area contributed by atoms with Crippen molar-refractivity contribution in [3.8, 4) is 0 Å². The molecule has 0 bridgehead atoms. The fourth-order valence-electron chi connectivity index (χ4n) is 3.62. The van der Waals surface area contributed by atoms with Crippen molar-refractivity contribution in [1.29, 1.82) is 0 Å². The largest absolute Gasteiger partial charge is 0.353 e. The highest BCUT2D eigenvalue weighted by Gasteiger charge is 2.50. The van der Waals surface area contributed by atoms with Gasteiger partial charge in [-0.05, 0) is 57.7 Å². The number of carbonyl (C=O) groups is 1. The van der Waals surface area contributed by atoms with Crippen LogP contribution in [0.5, 0.6) is 0 Å². The van der Waals surface area contributed by atoms with Crippen LogP contribution in [0.4, 0.5) is 0 Å². The molecule has 3 nitrogen and oxygen atoms in total. The number of piperidine rings is 1. The van der Waals surface area contributed by atoms with Crippen LogP contribution >= 0.6 is 0 Å². The maximum absolute atomic E-state index is 12.8. The lowest BCUT2D eigenvalue weighted by Gasteiger charge is -2.36. The van der Waals surface area contributed by atoms with Crippen molar-refractivity contribution in [3.63, 3.8) is 0 Å². The molecule has 0 spiro atoms. The summed E-state index contributed by atoms with van der Waals surface area (Å²) in [5.74, 6) is 0.826. The lowest BCUT2D eigenvalue weighted by Crippen LogP contribution is -2.50. The highest BCUT2D eigenvalue weighted by Crippen LogP contribution is 2.48. The number of hydrogen-bond acceptors (Lipinski definition) is 2. The molecule has 1 aliphatic carbocycles. The molecule has 22 heavy (non-hydrogen) atoms. The van der Waals surface area contributed by atoms with E-state index in [9.17, 15) is 4.79 Å². The molecule has 1 saturated carbocycles. The summed E-state index contributed by atoms with van der Waals surface area (Å²) in [6.07, 6.45) is 4.03. The van der Waals surface area contributed by atoms with E-state index in [4.69, 9.17) is 0 Å². The third kappa shape index (κ3) is 3.35. The molecule has 2 aliphatic rings. The molecule has 1 heterocycles. The first-order chi connectivity index (χ1) is 10.5. The summed E-state index contributed by atoms with van der Waals surface area (Å²) in [5.41, 5.74) is 2.44. The molecular weight excluding hydrogens is 272 g/mol. The first-order valence-electron chi connectivity index (χ1n) is 8.54. The number of nitrogens with zero attached hydrogens (tertiary/aromatic N) is 1. The molecule has 1 aromatic rings. The van der Waals surface area contributed by atoms with E-state index in [1.807, 2.05) is 0 Å². The monoisotopic (exact) mass is 300 g/mol. The Hall–Kier alpha value is -1.35. The molecule has 2 fully saturated rings. The van der Waals surface area contributed by atoms with Crippen molar-refractivity contribution in [1.82, 2.24) is 10.2 Å². The maximum Gasteiger partial charge on any atom is 0.226 e. The second-order valence-electron chi connectivity index (χ2n) is 7.55. The SMILES string of the molecule is Cc1ccc(CC2(C(=O)NC3CCN(C)CC3C)CC2)cc1. The van der Waals surface area contributed by atoms with Crippen molar-refractivity contribution in [2.75, 3.05) is 20.1 Å². The van der Waals surface area contributed by atoms with Gasteiger partial charge in [-0.15, -0.1) is 0 Å². The van der Waals surface area contributed by atoms with Gasteiger partial charge in [-0.1, -0.05) is 36.8 Å². The van der Waals surface area contributed by atoms with E-state index in [-0.39, 0.29) is 11.3 Å². The number of likely N-dealkylation sites (tertiary alicyclic amines) is 1. The predicted molar refractivity (Wildman–Crippen MR) is 89.8 cm³/mol. The topological polar surface area (TPSA) is 32.3 Å². The molecule has 0 radical (unpaired) electrons. The fourth-order valence-corrected chi connectivity index (χ4v) is 3.62. The molecule has 1 saturated heterocycles. The molecule has 3 rings (SSSR count). The van der Waals surface area contributed by atoms with Gasteiger partial charge in [0.15, 0.2) is 0 Å². The second kappa shape index (κ2) is 6.04. The van der Waals surface area contributed by atoms with Crippen LogP contribution in [0, 0.1) is 18.3 Å². The van der Waals surface area contributed by atoms with Crippen molar-refractivity contribution in [3.05, 3.63) is 35.4 Å². The normalized spacial score (nSPS) is 27.4. The first-order valence-corrected chi connectivity index (χ1v) is 8.54. The highest BCUT2D eigenvalue weighted by molar-refractivity contribution is 5.85. The van der Waals surface area contributed by atoms with Gasteiger partial charge in [0.05, 0.1) is 5.41 Å². The summed E-state index contributed by atoms with van der Waals surface area (Å²) in [4.78, 5) is 15.1. The number of carbonyl (C=O) groups excluding carboxylic acids is 1. The average molecular weight is 300 g/mol. The molecule has 2 unspecified atom stereocenters. The average Bonchev–Trinajstić information content (AvgIpc) is 3.25. The van der Waals surface area contributed by atoms with E-state index in [2.05, 4.69) is 55.4 Å². The van der Waals surface area contributed by atoms with E-state index in [1.165, 1.54) is 11.1 Å². The Bertz CT molecular complexity index is 533. The van der Waals surface area contributed by atoms with Gasteiger partial charge in [-0.25, -0.2) is 0 Å². The first kappa shape index (κ1) is 15.5. The van der Waals surface area contributed by atoms with Crippen LogP contribution < -0.4 is 5.32 Å². The standard InChI is InChI=1S/C19H28N2O/c1-14-4-6-16(7-5-14)12-19(9-10-19)18(22)20-17-8-11-21(3)13-15(17)2/h4-7,15,17H,8-13H2,1-3H3,(H,20,22).